The second-order valence-corrected chi connectivity index (χ2v) is 9.10. The van der Waals surface area contributed by atoms with Gasteiger partial charge in [-0.15, -0.1) is 11.3 Å². The summed E-state index contributed by atoms with van der Waals surface area (Å²) in [6.45, 7) is 3.06. The highest BCUT2D eigenvalue weighted by Gasteiger charge is 2.23. The van der Waals surface area contributed by atoms with Crippen molar-refractivity contribution in [2.45, 2.75) is 64.8 Å². The number of hydrogen-bond donors (Lipinski definition) is 1. The largest absolute Gasteiger partial charge is 0.354 e. The number of rotatable bonds is 4. The van der Waals surface area contributed by atoms with Gasteiger partial charge in [0.15, 0.2) is 0 Å². The monoisotopic (exact) mass is 373 g/mol. The Kier molecular flexibility index (Phi) is 5.11. The van der Waals surface area contributed by atoms with E-state index in [4.69, 9.17) is 0 Å². The van der Waals surface area contributed by atoms with Gasteiger partial charge in [-0.1, -0.05) is 26.2 Å². The highest BCUT2D eigenvalue weighted by molar-refractivity contribution is 7.18. The van der Waals surface area contributed by atoms with Crippen molar-refractivity contribution >= 4 is 27.5 Å². The van der Waals surface area contributed by atoms with Crippen LogP contribution < -0.4 is 10.9 Å². The minimum atomic E-state index is -0.0865. The fraction of sp³-hybridized carbons (Fsp3) is 0.650. The lowest BCUT2D eigenvalue weighted by Crippen LogP contribution is -2.35. The molecule has 26 heavy (non-hydrogen) atoms. The van der Waals surface area contributed by atoms with E-state index in [0.717, 1.165) is 36.0 Å². The molecule has 0 unspecified atom stereocenters. The fourth-order valence-corrected chi connectivity index (χ4v) is 5.68. The number of aromatic nitrogens is 2. The van der Waals surface area contributed by atoms with E-state index in [1.54, 1.807) is 11.3 Å². The number of carbonyl (C=O) groups excluding carboxylic acids is 1. The summed E-state index contributed by atoms with van der Waals surface area (Å²) in [6, 6.07) is 0. The van der Waals surface area contributed by atoms with E-state index in [9.17, 15) is 9.59 Å². The average Bonchev–Trinajstić information content (AvgIpc) is 3.01. The van der Waals surface area contributed by atoms with Crippen molar-refractivity contribution in [2.24, 2.45) is 11.8 Å². The Hall–Kier alpha value is -1.69. The Morgan fingerprint density at radius 3 is 2.92 bits per heavy atom. The van der Waals surface area contributed by atoms with Crippen LogP contribution in [0.4, 0.5) is 0 Å². The summed E-state index contributed by atoms with van der Waals surface area (Å²) in [4.78, 5) is 31.9. The first kappa shape index (κ1) is 17.7. The minimum absolute atomic E-state index is 0.0603. The molecule has 0 aliphatic heterocycles. The Bertz CT molecular complexity index is 864. The van der Waals surface area contributed by atoms with Gasteiger partial charge in [0.2, 0.25) is 5.91 Å². The highest BCUT2D eigenvalue weighted by Crippen LogP contribution is 2.35. The van der Waals surface area contributed by atoms with Gasteiger partial charge in [0.1, 0.15) is 11.4 Å². The molecule has 0 spiro atoms. The Morgan fingerprint density at radius 2 is 2.12 bits per heavy atom. The molecule has 1 saturated carbocycles. The number of nitrogens with one attached hydrogen (secondary N) is 1. The molecule has 0 radical (unpaired) electrons. The lowest BCUT2D eigenvalue weighted by Gasteiger charge is -2.21. The van der Waals surface area contributed by atoms with Gasteiger partial charge in [0.05, 0.1) is 11.7 Å². The summed E-state index contributed by atoms with van der Waals surface area (Å²) in [5, 5.41) is 3.76. The summed E-state index contributed by atoms with van der Waals surface area (Å²) in [5.41, 5.74) is 1.12. The summed E-state index contributed by atoms with van der Waals surface area (Å²) in [5.74, 6) is 1.18. The van der Waals surface area contributed by atoms with Crippen LogP contribution in [0.1, 0.15) is 55.9 Å². The molecule has 1 fully saturated rings. The quantitative estimate of drug-likeness (QED) is 0.894. The molecule has 5 nitrogen and oxygen atoms in total. The molecule has 4 rings (SSSR count). The molecule has 2 heterocycles. The zero-order valence-electron chi connectivity index (χ0n) is 15.4. The maximum Gasteiger partial charge on any atom is 0.262 e. The van der Waals surface area contributed by atoms with Crippen molar-refractivity contribution in [3.63, 3.8) is 0 Å². The first-order valence-electron chi connectivity index (χ1n) is 9.88. The minimum Gasteiger partial charge on any atom is -0.354 e. The van der Waals surface area contributed by atoms with Crippen LogP contribution in [-0.4, -0.2) is 22.0 Å². The van der Waals surface area contributed by atoms with E-state index < -0.39 is 0 Å². The van der Waals surface area contributed by atoms with Crippen LogP contribution in [0.15, 0.2) is 11.1 Å². The van der Waals surface area contributed by atoms with Crippen molar-refractivity contribution in [2.75, 3.05) is 6.54 Å². The van der Waals surface area contributed by atoms with Crippen LogP contribution in [-0.2, 0) is 24.2 Å². The number of hydrogen-bond acceptors (Lipinski definition) is 4. The molecule has 0 bridgehead atoms. The van der Waals surface area contributed by atoms with Gasteiger partial charge in [-0.25, -0.2) is 4.98 Å². The topological polar surface area (TPSA) is 64.0 Å². The molecule has 0 saturated heterocycles. The van der Waals surface area contributed by atoms with E-state index in [1.165, 1.54) is 53.4 Å². The first-order chi connectivity index (χ1) is 12.6. The van der Waals surface area contributed by atoms with Crippen LogP contribution in [0, 0.1) is 11.8 Å². The van der Waals surface area contributed by atoms with Crippen molar-refractivity contribution in [3.05, 3.63) is 27.1 Å². The van der Waals surface area contributed by atoms with Gasteiger partial charge < -0.3 is 5.32 Å². The zero-order chi connectivity index (χ0) is 18.1. The number of thiophene rings is 1. The van der Waals surface area contributed by atoms with Crippen molar-refractivity contribution in [1.29, 1.82) is 0 Å². The number of nitrogens with zero attached hydrogens (tertiary/aromatic N) is 2. The van der Waals surface area contributed by atoms with Crippen LogP contribution in [0.3, 0.4) is 0 Å². The molecule has 1 N–H and O–H groups in total. The van der Waals surface area contributed by atoms with E-state index in [1.807, 2.05) is 0 Å². The third-order valence-electron chi connectivity index (χ3n) is 5.91. The van der Waals surface area contributed by atoms with E-state index >= 15 is 0 Å². The van der Waals surface area contributed by atoms with Gasteiger partial charge in [-0.2, -0.15) is 0 Å². The number of aryl methyl sites for hydroxylation is 1. The van der Waals surface area contributed by atoms with Crippen molar-refractivity contribution in [3.8, 4) is 0 Å². The average molecular weight is 374 g/mol. The molecule has 1 amide bonds. The maximum absolute atomic E-state index is 12.9. The molecule has 1 atom stereocenters. The van der Waals surface area contributed by atoms with E-state index in [-0.39, 0.29) is 18.0 Å². The zero-order valence-corrected chi connectivity index (χ0v) is 16.2. The van der Waals surface area contributed by atoms with Gasteiger partial charge in [0, 0.05) is 11.4 Å². The lowest BCUT2D eigenvalue weighted by molar-refractivity contribution is -0.121. The second-order valence-electron chi connectivity index (χ2n) is 8.02. The number of carbonyl (C=O) groups is 1. The van der Waals surface area contributed by atoms with Gasteiger partial charge in [0.25, 0.3) is 5.56 Å². The van der Waals surface area contributed by atoms with Crippen molar-refractivity contribution < 1.29 is 4.79 Å². The molecule has 6 heteroatoms. The molecule has 2 aromatic heterocycles. The first-order valence-corrected chi connectivity index (χ1v) is 10.7. The van der Waals surface area contributed by atoms with Gasteiger partial charge in [-0.05, 0) is 49.5 Å². The summed E-state index contributed by atoms with van der Waals surface area (Å²) in [6.07, 6.45) is 10.9. The number of fused-ring (bicyclic) bond motifs is 3. The van der Waals surface area contributed by atoms with Crippen molar-refractivity contribution in [1.82, 2.24) is 14.9 Å². The van der Waals surface area contributed by atoms with Crippen LogP contribution in [0.2, 0.25) is 0 Å². The molecule has 0 aromatic carbocycles. The molecule has 2 aliphatic carbocycles. The van der Waals surface area contributed by atoms with E-state index in [0.29, 0.717) is 11.8 Å². The Balaban J connectivity index is 1.49. The SMILES string of the molecule is C[C@@H]1CCc2c(sc3ncn(CC(=O)NCC4CCCCC4)c(=O)c23)C1. The summed E-state index contributed by atoms with van der Waals surface area (Å²) >= 11 is 1.65. The molecular weight excluding hydrogens is 346 g/mol. The molecule has 2 aliphatic rings. The number of amides is 1. The lowest BCUT2D eigenvalue weighted by atomic mass is 9.89. The van der Waals surface area contributed by atoms with Crippen LogP contribution in [0.5, 0.6) is 0 Å². The Labute approximate surface area is 157 Å². The third-order valence-corrected chi connectivity index (χ3v) is 7.07. The predicted octanol–water partition coefficient (Wildman–Crippen LogP) is 3.28. The maximum atomic E-state index is 12.9. The second kappa shape index (κ2) is 7.51. The molecule has 2 aromatic rings. The summed E-state index contributed by atoms with van der Waals surface area (Å²) < 4.78 is 1.48. The van der Waals surface area contributed by atoms with Crippen LogP contribution >= 0.6 is 11.3 Å². The van der Waals surface area contributed by atoms with Gasteiger partial charge in [-0.3, -0.25) is 14.2 Å². The standard InChI is InChI=1S/C20H27N3O2S/c1-13-7-8-15-16(9-13)26-19-18(15)20(25)23(12-22-19)11-17(24)21-10-14-5-3-2-4-6-14/h12-14H,2-11H2,1H3,(H,21,24)/t13-/m1/s1. The van der Waals surface area contributed by atoms with E-state index in [2.05, 4.69) is 17.2 Å². The highest BCUT2D eigenvalue weighted by atomic mass is 32.1. The smallest absolute Gasteiger partial charge is 0.262 e. The fourth-order valence-electron chi connectivity index (χ4n) is 4.34. The Morgan fingerprint density at radius 1 is 1.31 bits per heavy atom. The molecular formula is C20H27N3O2S. The third kappa shape index (κ3) is 3.56. The van der Waals surface area contributed by atoms with Crippen LogP contribution in [0.25, 0.3) is 10.2 Å². The normalized spacial score (nSPS) is 20.9. The predicted molar refractivity (Wildman–Crippen MR) is 105 cm³/mol. The summed E-state index contributed by atoms with van der Waals surface area (Å²) in [7, 11) is 0. The van der Waals surface area contributed by atoms with Gasteiger partial charge >= 0.3 is 0 Å². The molecule has 140 valence electrons.